The maximum Gasteiger partial charge on any atom is 0.332 e. The molecule has 0 unspecified atom stereocenters. The molecule has 31 heavy (non-hydrogen) atoms. The molecule has 0 atom stereocenters. The highest BCUT2D eigenvalue weighted by molar-refractivity contribution is 8.00. The maximum atomic E-state index is 13.6. The molecule has 0 saturated heterocycles. The van der Waals surface area contributed by atoms with E-state index < -0.39 is 17.1 Å². The molecule has 0 spiro atoms. The number of halogens is 1. The molecule has 0 bridgehead atoms. The van der Waals surface area contributed by atoms with Crippen molar-refractivity contribution in [3.05, 3.63) is 56.2 Å². The molecular weight excluding hydrogens is 423 g/mol. The highest BCUT2D eigenvalue weighted by atomic mass is 32.2. The Bertz CT molecular complexity index is 1280. The van der Waals surface area contributed by atoms with Crippen molar-refractivity contribution < 1.29 is 13.9 Å². The van der Waals surface area contributed by atoms with E-state index in [4.69, 9.17) is 4.74 Å². The van der Waals surface area contributed by atoms with Gasteiger partial charge in [0.25, 0.3) is 5.56 Å². The Labute approximate surface area is 182 Å². The highest BCUT2D eigenvalue weighted by Gasteiger charge is 2.20. The second-order valence-corrected chi connectivity index (χ2v) is 8.45. The van der Waals surface area contributed by atoms with Crippen LogP contribution in [0.25, 0.3) is 11.0 Å². The van der Waals surface area contributed by atoms with Crippen molar-refractivity contribution in [1.82, 2.24) is 19.1 Å². The maximum absolute atomic E-state index is 13.6. The number of ketones is 1. The van der Waals surface area contributed by atoms with Crippen LogP contribution in [0.4, 0.5) is 4.39 Å². The molecule has 0 fully saturated rings. The number of hydrogen-bond donors (Lipinski definition) is 0. The second kappa shape index (κ2) is 9.01. The first-order valence-electron chi connectivity index (χ1n) is 9.61. The molecule has 0 aliphatic heterocycles. The second-order valence-electron chi connectivity index (χ2n) is 7.48. The minimum absolute atomic E-state index is 0.0994. The number of benzene rings is 1. The molecule has 0 aliphatic rings. The molecule has 10 heteroatoms. The number of aromatic nitrogens is 4. The van der Waals surface area contributed by atoms with Crippen molar-refractivity contribution >= 4 is 28.6 Å². The number of rotatable bonds is 7. The number of carbonyl (C=O) groups is 1. The van der Waals surface area contributed by atoms with E-state index in [1.54, 1.807) is 6.92 Å². The zero-order valence-electron chi connectivity index (χ0n) is 17.9. The average Bonchev–Trinajstić information content (AvgIpc) is 2.72. The van der Waals surface area contributed by atoms with Gasteiger partial charge in [-0.2, -0.15) is 0 Å². The Hall–Kier alpha value is -3.01. The molecule has 0 amide bonds. The van der Waals surface area contributed by atoms with Gasteiger partial charge in [-0.15, -0.1) is 0 Å². The third-order valence-electron chi connectivity index (χ3n) is 4.61. The number of hydrogen-bond acceptors (Lipinski definition) is 7. The molecule has 8 nitrogen and oxygen atoms in total. The van der Waals surface area contributed by atoms with Gasteiger partial charge in [-0.25, -0.2) is 19.2 Å². The molecule has 3 aromatic rings. The van der Waals surface area contributed by atoms with Crippen molar-refractivity contribution in [3.63, 3.8) is 0 Å². The number of fused-ring (bicyclic) bond motifs is 1. The Morgan fingerprint density at radius 2 is 1.97 bits per heavy atom. The smallest absolute Gasteiger partial charge is 0.332 e. The van der Waals surface area contributed by atoms with E-state index in [0.717, 1.165) is 22.4 Å². The van der Waals surface area contributed by atoms with Crippen LogP contribution in [0.3, 0.4) is 0 Å². The molecule has 3 rings (SSSR count). The summed E-state index contributed by atoms with van der Waals surface area (Å²) in [5, 5.41) is 0.474. The van der Waals surface area contributed by atoms with Crippen LogP contribution in [0.2, 0.25) is 0 Å². The summed E-state index contributed by atoms with van der Waals surface area (Å²) in [5.41, 5.74) is -0.638. The lowest BCUT2D eigenvalue weighted by Gasteiger charge is -2.15. The van der Waals surface area contributed by atoms with Crippen LogP contribution < -0.4 is 16.0 Å². The SMILES string of the molecule is COc1ccc(F)cc1C(=O)CSc1nc(C)nc2c1c(=O)n(C)c(=O)n2CC(C)C. The van der Waals surface area contributed by atoms with Crippen molar-refractivity contribution in [2.75, 3.05) is 12.9 Å². The number of nitrogens with zero attached hydrogens (tertiary/aromatic N) is 4. The van der Waals surface area contributed by atoms with Gasteiger partial charge in [-0.1, -0.05) is 25.6 Å². The predicted molar refractivity (Wildman–Crippen MR) is 117 cm³/mol. The van der Waals surface area contributed by atoms with Gasteiger partial charge in [-0.3, -0.25) is 18.7 Å². The monoisotopic (exact) mass is 446 g/mol. The molecule has 0 N–H and O–H groups in total. The third kappa shape index (κ3) is 4.53. The van der Waals surface area contributed by atoms with Crippen molar-refractivity contribution in [1.29, 1.82) is 0 Å². The van der Waals surface area contributed by atoms with E-state index in [9.17, 15) is 18.8 Å². The van der Waals surface area contributed by atoms with Gasteiger partial charge >= 0.3 is 5.69 Å². The molecule has 0 aliphatic carbocycles. The minimum atomic E-state index is -0.552. The lowest BCUT2D eigenvalue weighted by atomic mass is 10.1. The van der Waals surface area contributed by atoms with Crippen LogP contribution in [-0.4, -0.2) is 37.7 Å². The highest BCUT2D eigenvalue weighted by Crippen LogP contribution is 2.26. The van der Waals surface area contributed by atoms with Gasteiger partial charge in [0.05, 0.1) is 18.4 Å². The van der Waals surface area contributed by atoms with Crippen molar-refractivity contribution in [2.24, 2.45) is 13.0 Å². The molecule has 0 radical (unpaired) electrons. The van der Waals surface area contributed by atoms with E-state index in [2.05, 4.69) is 9.97 Å². The number of methoxy groups -OCH3 is 1. The summed E-state index contributed by atoms with van der Waals surface area (Å²) in [4.78, 5) is 47.0. The van der Waals surface area contributed by atoms with E-state index in [1.165, 1.54) is 30.9 Å². The summed E-state index contributed by atoms with van der Waals surface area (Å²) in [6.45, 7) is 5.95. The standard InChI is InChI=1S/C21H23FN4O4S/c1-11(2)9-26-18-17(20(28)25(4)21(26)29)19(24-12(3)23-18)31-10-15(27)14-8-13(22)6-7-16(14)30-5/h6-8,11H,9-10H2,1-5H3. The van der Waals surface area contributed by atoms with Crippen LogP contribution in [0.5, 0.6) is 5.75 Å². The fraction of sp³-hybridized carbons (Fsp3) is 0.381. The van der Waals surface area contributed by atoms with E-state index in [1.807, 2.05) is 13.8 Å². The Kier molecular flexibility index (Phi) is 6.59. The quantitative estimate of drug-likeness (QED) is 0.313. The molecular formula is C21H23FN4O4S. The summed E-state index contributed by atoms with van der Waals surface area (Å²) in [6, 6.07) is 3.71. The van der Waals surface area contributed by atoms with Crippen LogP contribution in [-0.2, 0) is 13.6 Å². The molecule has 2 heterocycles. The Morgan fingerprint density at radius 3 is 2.61 bits per heavy atom. The van der Waals surface area contributed by atoms with Gasteiger partial charge < -0.3 is 4.74 Å². The number of aryl methyl sites for hydroxylation is 1. The van der Waals surface area contributed by atoms with Gasteiger partial charge in [0.2, 0.25) is 0 Å². The van der Waals surface area contributed by atoms with Crippen molar-refractivity contribution in [2.45, 2.75) is 32.3 Å². The van der Waals surface area contributed by atoms with Crippen LogP contribution in [0.15, 0.2) is 32.8 Å². The topological polar surface area (TPSA) is 96.1 Å². The van der Waals surface area contributed by atoms with Crippen LogP contribution in [0, 0.1) is 18.7 Å². The number of ether oxygens (including phenoxy) is 1. The summed E-state index contributed by atoms with van der Waals surface area (Å²) in [5.74, 6) is -0.250. The van der Waals surface area contributed by atoms with Gasteiger partial charge in [-0.05, 0) is 31.0 Å². The van der Waals surface area contributed by atoms with Gasteiger partial charge in [0.15, 0.2) is 11.4 Å². The molecule has 1 aromatic carbocycles. The van der Waals surface area contributed by atoms with Crippen molar-refractivity contribution in [3.8, 4) is 5.75 Å². The fourth-order valence-corrected chi connectivity index (χ4v) is 4.13. The molecule has 164 valence electrons. The normalized spacial score (nSPS) is 11.3. The van der Waals surface area contributed by atoms with E-state index in [-0.39, 0.29) is 39.8 Å². The first kappa shape index (κ1) is 22.7. The first-order valence-corrected chi connectivity index (χ1v) is 10.6. The van der Waals surface area contributed by atoms with Gasteiger partial charge in [0, 0.05) is 13.6 Å². The summed E-state index contributed by atoms with van der Waals surface area (Å²) >= 11 is 1.04. The third-order valence-corrected chi connectivity index (χ3v) is 5.59. The lowest BCUT2D eigenvalue weighted by molar-refractivity contribution is 0.101. The lowest BCUT2D eigenvalue weighted by Crippen LogP contribution is -2.39. The first-order chi connectivity index (χ1) is 14.6. The fourth-order valence-electron chi connectivity index (χ4n) is 3.19. The number of Topliss-reactive ketones (excluding diaryl/α,β-unsaturated/α-hetero) is 1. The zero-order chi connectivity index (χ0) is 22.9. The Balaban J connectivity index is 2.08. The average molecular weight is 447 g/mol. The summed E-state index contributed by atoms with van der Waals surface area (Å²) in [7, 11) is 2.80. The van der Waals surface area contributed by atoms with E-state index in [0.29, 0.717) is 17.4 Å². The Morgan fingerprint density at radius 1 is 1.26 bits per heavy atom. The zero-order valence-corrected chi connectivity index (χ0v) is 18.7. The number of carbonyl (C=O) groups excluding carboxylic acids is 1. The largest absolute Gasteiger partial charge is 0.496 e. The summed E-state index contributed by atoms with van der Waals surface area (Å²) in [6.07, 6.45) is 0. The summed E-state index contributed by atoms with van der Waals surface area (Å²) < 4.78 is 21.3. The van der Waals surface area contributed by atoms with Crippen LogP contribution in [0.1, 0.15) is 30.0 Å². The van der Waals surface area contributed by atoms with Crippen LogP contribution >= 0.6 is 11.8 Å². The van der Waals surface area contributed by atoms with Gasteiger partial charge in [0.1, 0.15) is 27.8 Å². The van der Waals surface area contributed by atoms with E-state index >= 15 is 0 Å². The molecule has 2 aromatic heterocycles. The number of thioether (sulfide) groups is 1. The molecule has 0 saturated carbocycles. The minimum Gasteiger partial charge on any atom is -0.496 e. The predicted octanol–water partition coefficient (Wildman–Crippen LogP) is 2.58.